The van der Waals surface area contributed by atoms with Gasteiger partial charge in [0.1, 0.15) is 0 Å². The maximum absolute atomic E-state index is 8.36. The van der Waals surface area contributed by atoms with Crippen molar-refractivity contribution >= 4 is 0 Å². The molecule has 3 heteroatoms. The van der Waals surface area contributed by atoms with Gasteiger partial charge in [0.25, 0.3) is 0 Å². The Balaban J connectivity index is 4.19. The number of nitrogens with one attached hydrogen (secondary N) is 1. The summed E-state index contributed by atoms with van der Waals surface area (Å²) >= 11 is 0. The van der Waals surface area contributed by atoms with Crippen molar-refractivity contribution in [1.29, 1.82) is 0 Å². The molecule has 0 aromatic carbocycles. The van der Waals surface area contributed by atoms with Gasteiger partial charge in [-0.25, -0.2) is 0 Å². The van der Waals surface area contributed by atoms with Crippen LogP contribution in [0.15, 0.2) is 36.2 Å². The third-order valence-electron chi connectivity index (χ3n) is 1.01. The SMILES string of the molecule is C=C(N)/C=C(\C)C(=C)NO. The molecule has 0 aromatic rings. The highest BCUT2D eigenvalue weighted by Gasteiger charge is 1.92. The zero-order chi connectivity index (χ0) is 8.15. The molecule has 0 rings (SSSR count). The van der Waals surface area contributed by atoms with E-state index in [9.17, 15) is 0 Å². The number of nitrogens with two attached hydrogens (primary N) is 1. The third kappa shape index (κ3) is 2.94. The van der Waals surface area contributed by atoms with Crippen LogP contribution < -0.4 is 11.2 Å². The van der Waals surface area contributed by atoms with Crippen LogP contribution >= 0.6 is 0 Å². The molecule has 0 spiro atoms. The van der Waals surface area contributed by atoms with Crippen molar-refractivity contribution in [2.75, 3.05) is 0 Å². The van der Waals surface area contributed by atoms with Gasteiger partial charge in [0, 0.05) is 5.70 Å². The van der Waals surface area contributed by atoms with Gasteiger partial charge in [-0.1, -0.05) is 13.2 Å². The average Bonchev–Trinajstić information content (AvgIpc) is 1.85. The monoisotopic (exact) mass is 140 g/mol. The van der Waals surface area contributed by atoms with Gasteiger partial charge in [-0.2, -0.15) is 0 Å². The Hall–Kier alpha value is -1.22. The number of rotatable bonds is 3. The molecule has 0 aliphatic carbocycles. The highest BCUT2D eigenvalue weighted by Crippen LogP contribution is 2.02. The predicted octanol–water partition coefficient (Wildman–Crippen LogP) is 0.898. The molecular weight excluding hydrogens is 128 g/mol. The van der Waals surface area contributed by atoms with E-state index in [1.165, 1.54) is 0 Å². The summed E-state index contributed by atoms with van der Waals surface area (Å²) in [6.07, 6.45) is 1.62. The summed E-state index contributed by atoms with van der Waals surface area (Å²) in [7, 11) is 0. The summed E-state index contributed by atoms with van der Waals surface area (Å²) in [5, 5.41) is 8.36. The molecule has 0 saturated heterocycles. The van der Waals surface area contributed by atoms with Crippen molar-refractivity contribution < 1.29 is 5.21 Å². The smallest absolute Gasteiger partial charge is 0.0560 e. The molecule has 0 bridgehead atoms. The van der Waals surface area contributed by atoms with Crippen LogP contribution in [0.4, 0.5) is 0 Å². The molecular formula is C7H12N2O. The molecule has 0 aliphatic heterocycles. The molecule has 0 radical (unpaired) electrons. The summed E-state index contributed by atoms with van der Waals surface area (Å²) in [5.41, 5.74) is 8.80. The van der Waals surface area contributed by atoms with Crippen molar-refractivity contribution in [3.8, 4) is 0 Å². The molecule has 0 heterocycles. The molecule has 0 fully saturated rings. The Bertz CT molecular complexity index is 182. The number of hydrogen-bond donors (Lipinski definition) is 3. The molecule has 3 nitrogen and oxygen atoms in total. The fraction of sp³-hybridized carbons (Fsp3) is 0.143. The first-order valence-corrected chi connectivity index (χ1v) is 2.80. The summed E-state index contributed by atoms with van der Waals surface area (Å²) in [6.45, 7) is 8.73. The van der Waals surface area contributed by atoms with Crippen LogP contribution in [0, 0.1) is 0 Å². The first-order valence-electron chi connectivity index (χ1n) is 2.80. The van der Waals surface area contributed by atoms with Gasteiger partial charge in [0.15, 0.2) is 0 Å². The van der Waals surface area contributed by atoms with Crippen molar-refractivity contribution in [2.24, 2.45) is 5.73 Å². The largest absolute Gasteiger partial charge is 0.399 e. The standard InChI is InChI=1S/C7H12N2O/c1-5(4-6(2)8)7(3)9-10/h4,9-10H,2-3,8H2,1H3/b5-4+. The minimum absolute atomic E-state index is 0.423. The maximum atomic E-state index is 8.36. The molecule has 10 heavy (non-hydrogen) atoms. The van der Waals surface area contributed by atoms with Crippen molar-refractivity contribution in [2.45, 2.75) is 6.92 Å². The van der Waals surface area contributed by atoms with E-state index in [2.05, 4.69) is 13.2 Å². The molecule has 0 saturated carbocycles. The lowest BCUT2D eigenvalue weighted by atomic mass is 10.2. The highest BCUT2D eigenvalue weighted by atomic mass is 16.5. The van der Waals surface area contributed by atoms with Crippen LogP contribution in [-0.2, 0) is 0 Å². The Labute approximate surface area is 60.5 Å². The van der Waals surface area contributed by atoms with Crippen molar-refractivity contribution in [3.05, 3.63) is 36.2 Å². The minimum atomic E-state index is 0.423. The van der Waals surface area contributed by atoms with E-state index in [0.717, 1.165) is 5.57 Å². The fourth-order valence-electron chi connectivity index (χ4n) is 0.453. The van der Waals surface area contributed by atoms with Gasteiger partial charge in [0.2, 0.25) is 0 Å². The topological polar surface area (TPSA) is 58.3 Å². The second-order valence-electron chi connectivity index (χ2n) is 1.99. The first-order chi connectivity index (χ1) is 4.57. The first kappa shape index (κ1) is 8.78. The van der Waals surface area contributed by atoms with Crippen LogP contribution in [0.5, 0.6) is 0 Å². The van der Waals surface area contributed by atoms with Crippen LogP contribution in [0.3, 0.4) is 0 Å². The summed E-state index contributed by atoms with van der Waals surface area (Å²) in [5.74, 6) is 0. The molecule has 56 valence electrons. The van der Waals surface area contributed by atoms with Crippen LogP contribution in [0.1, 0.15) is 6.92 Å². The lowest BCUT2D eigenvalue weighted by Crippen LogP contribution is -2.06. The highest BCUT2D eigenvalue weighted by molar-refractivity contribution is 5.29. The van der Waals surface area contributed by atoms with Crippen molar-refractivity contribution in [3.63, 3.8) is 0 Å². The lowest BCUT2D eigenvalue weighted by Gasteiger charge is -2.02. The fourth-order valence-corrected chi connectivity index (χ4v) is 0.453. The Morgan fingerprint density at radius 1 is 1.60 bits per heavy atom. The van der Waals surface area contributed by atoms with Gasteiger partial charge in [-0.3, -0.25) is 10.7 Å². The van der Waals surface area contributed by atoms with Crippen LogP contribution in [-0.4, -0.2) is 5.21 Å². The zero-order valence-corrected chi connectivity index (χ0v) is 6.02. The Kier molecular flexibility index (Phi) is 3.28. The quantitative estimate of drug-likeness (QED) is 0.403. The minimum Gasteiger partial charge on any atom is -0.399 e. The molecule has 0 aliphatic rings. The van der Waals surface area contributed by atoms with E-state index in [-0.39, 0.29) is 0 Å². The van der Waals surface area contributed by atoms with E-state index in [4.69, 9.17) is 10.9 Å². The Morgan fingerprint density at radius 3 is 2.40 bits per heavy atom. The van der Waals surface area contributed by atoms with E-state index in [1.54, 1.807) is 13.0 Å². The van der Waals surface area contributed by atoms with Gasteiger partial charge in [-0.15, -0.1) is 0 Å². The number of allylic oxidation sites excluding steroid dienone is 2. The van der Waals surface area contributed by atoms with Crippen LogP contribution in [0.2, 0.25) is 0 Å². The predicted molar refractivity (Wildman–Crippen MR) is 41.1 cm³/mol. The molecule has 4 N–H and O–H groups in total. The molecule has 0 amide bonds. The van der Waals surface area contributed by atoms with Gasteiger partial charge in [-0.05, 0) is 18.6 Å². The van der Waals surface area contributed by atoms with Crippen molar-refractivity contribution in [1.82, 2.24) is 5.48 Å². The number of hydroxylamine groups is 1. The van der Waals surface area contributed by atoms with Gasteiger partial charge >= 0.3 is 0 Å². The average molecular weight is 140 g/mol. The molecule has 0 atom stereocenters. The van der Waals surface area contributed by atoms with E-state index >= 15 is 0 Å². The second kappa shape index (κ2) is 3.74. The normalized spacial score (nSPS) is 10.8. The van der Waals surface area contributed by atoms with E-state index < -0.39 is 0 Å². The molecule has 0 aromatic heterocycles. The second-order valence-corrected chi connectivity index (χ2v) is 1.99. The van der Waals surface area contributed by atoms with E-state index in [1.807, 2.05) is 5.48 Å². The Morgan fingerprint density at radius 2 is 2.10 bits per heavy atom. The third-order valence-corrected chi connectivity index (χ3v) is 1.01. The number of hydrogen-bond acceptors (Lipinski definition) is 3. The summed E-state index contributed by atoms with van der Waals surface area (Å²) in [6, 6.07) is 0. The van der Waals surface area contributed by atoms with E-state index in [0.29, 0.717) is 11.4 Å². The zero-order valence-electron chi connectivity index (χ0n) is 6.02. The lowest BCUT2D eigenvalue weighted by molar-refractivity contribution is 0.203. The maximum Gasteiger partial charge on any atom is 0.0560 e. The summed E-state index contributed by atoms with van der Waals surface area (Å²) in [4.78, 5) is 0. The van der Waals surface area contributed by atoms with Gasteiger partial charge < -0.3 is 5.73 Å². The van der Waals surface area contributed by atoms with Gasteiger partial charge in [0.05, 0.1) is 5.70 Å². The van der Waals surface area contributed by atoms with Crippen LogP contribution in [0.25, 0.3) is 0 Å². The summed E-state index contributed by atoms with van der Waals surface area (Å²) < 4.78 is 0. The molecule has 0 unspecified atom stereocenters.